The van der Waals surface area contributed by atoms with E-state index in [4.69, 9.17) is 28.9 Å². The molecule has 1 heterocycles. The third-order valence-corrected chi connectivity index (χ3v) is 4.76. The molecular weight excluding hydrogens is 374 g/mol. The normalized spacial score (nSPS) is 12.0. The van der Waals surface area contributed by atoms with Crippen LogP contribution < -0.4 is 5.73 Å². The first kappa shape index (κ1) is 18.4. The minimum atomic E-state index is -0.892. The molecule has 0 saturated carbocycles. The van der Waals surface area contributed by atoms with Crippen molar-refractivity contribution < 1.29 is 9.18 Å². The van der Waals surface area contributed by atoms with E-state index in [1.165, 1.54) is 12.1 Å². The van der Waals surface area contributed by atoms with Gasteiger partial charge in [-0.25, -0.2) is 4.39 Å². The highest BCUT2D eigenvalue weighted by molar-refractivity contribution is 6.36. The number of benzene rings is 2. The molecule has 1 atom stereocenters. The van der Waals surface area contributed by atoms with Gasteiger partial charge in [0.15, 0.2) is 0 Å². The van der Waals surface area contributed by atoms with Gasteiger partial charge in [0.05, 0.1) is 11.4 Å². The number of carbonyl (C=O) groups is 1. The minimum Gasteiger partial charge on any atom is -0.369 e. The predicted molar refractivity (Wildman–Crippen MR) is 102 cm³/mol. The second-order valence-electron chi connectivity index (χ2n) is 5.88. The number of hydrogen-bond donors (Lipinski definition) is 1. The number of pyridine rings is 1. The summed E-state index contributed by atoms with van der Waals surface area (Å²) >= 11 is 12.5. The van der Waals surface area contributed by atoms with Crippen LogP contribution >= 0.6 is 23.2 Å². The number of hydrogen-bond acceptors (Lipinski definition) is 2. The number of aromatic nitrogens is 1. The van der Waals surface area contributed by atoms with Crippen LogP contribution in [-0.4, -0.2) is 10.9 Å². The molecule has 1 amide bonds. The van der Waals surface area contributed by atoms with Crippen molar-refractivity contribution in [2.75, 3.05) is 0 Å². The first-order chi connectivity index (χ1) is 12.4. The zero-order valence-corrected chi connectivity index (χ0v) is 15.4. The maximum absolute atomic E-state index is 13.4. The van der Waals surface area contributed by atoms with E-state index in [0.717, 1.165) is 11.1 Å². The Morgan fingerprint density at radius 2 is 1.73 bits per heavy atom. The summed E-state index contributed by atoms with van der Waals surface area (Å²) in [4.78, 5) is 16.8. The Bertz CT molecular complexity index is 971. The van der Waals surface area contributed by atoms with Crippen molar-refractivity contribution in [3.05, 3.63) is 87.3 Å². The second-order valence-corrected chi connectivity index (χ2v) is 6.69. The molecule has 0 saturated heterocycles. The van der Waals surface area contributed by atoms with Crippen molar-refractivity contribution >= 4 is 29.1 Å². The Kier molecular flexibility index (Phi) is 5.25. The lowest BCUT2D eigenvalue weighted by atomic mass is 9.93. The third kappa shape index (κ3) is 3.57. The van der Waals surface area contributed by atoms with E-state index in [2.05, 4.69) is 4.98 Å². The summed E-state index contributed by atoms with van der Waals surface area (Å²) in [5.74, 6) is -1.82. The minimum absolute atomic E-state index is 0.319. The van der Waals surface area contributed by atoms with Crippen LogP contribution in [0.1, 0.15) is 22.7 Å². The van der Waals surface area contributed by atoms with E-state index in [1.807, 2.05) is 0 Å². The van der Waals surface area contributed by atoms with Crippen molar-refractivity contribution in [3.63, 3.8) is 0 Å². The van der Waals surface area contributed by atoms with E-state index in [0.29, 0.717) is 27.0 Å². The van der Waals surface area contributed by atoms with Crippen LogP contribution in [0.3, 0.4) is 0 Å². The highest BCUT2D eigenvalue weighted by Crippen LogP contribution is 2.35. The average molecular weight is 389 g/mol. The Balaban J connectivity index is 2.14. The lowest BCUT2D eigenvalue weighted by Crippen LogP contribution is -2.24. The van der Waals surface area contributed by atoms with Crippen molar-refractivity contribution in [2.45, 2.75) is 12.8 Å². The monoisotopic (exact) mass is 388 g/mol. The van der Waals surface area contributed by atoms with Gasteiger partial charge in [-0.05, 0) is 55.0 Å². The number of primary amides is 1. The Hall–Kier alpha value is -2.43. The number of halogens is 3. The van der Waals surface area contributed by atoms with Gasteiger partial charge in [-0.1, -0.05) is 35.3 Å². The van der Waals surface area contributed by atoms with Crippen molar-refractivity contribution in [1.29, 1.82) is 0 Å². The fourth-order valence-corrected chi connectivity index (χ4v) is 3.51. The molecular formula is C20H15Cl2FN2O. The molecule has 132 valence electrons. The van der Waals surface area contributed by atoms with Gasteiger partial charge in [0, 0.05) is 21.2 Å². The van der Waals surface area contributed by atoms with Gasteiger partial charge in [0.1, 0.15) is 11.7 Å². The van der Waals surface area contributed by atoms with Gasteiger partial charge < -0.3 is 5.73 Å². The first-order valence-corrected chi connectivity index (χ1v) is 8.60. The van der Waals surface area contributed by atoms with Crippen molar-refractivity contribution in [3.8, 4) is 11.3 Å². The van der Waals surface area contributed by atoms with Crippen LogP contribution in [0.25, 0.3) is 11.3 Å². The SMILES string of the molecule is Cc1cc(F)ccc1-c1cccc(C(C(N)=O)c2c(Cl)cccc2Cl)n1. The van der Waals surface area contributed by atoms with Gasteiger partial charge in [0.25, 0.3) is 0 Å². The number of aryl methyl sites for hydroxylation is 1. The van der Waals surface area contributed by atoms with Crippen molar-refractivity contribution in [1.82, 2.24) is 4.98 Å². The van der Waals surface area contributed by atoms with E-state index in [-0.39, 0.29) is 5.82 Å². The first-order valence-electron chi connectivity index (χ1n) is 7.85. The molecule has 26 heavy (non-hydrogen) atoms. The molecule has 0 spiro atoms. The van der Waals surface area contributed by atoms with Crippen LogP contribution in [0.5, 0.6) is 0 Å². The second kappa shape index (κ2) is 7.44. The molecule has 0 bridgehead atoms. The molecule has 3 aromatic rings. The fourth-order valence-electron chi connectivity index (χ4n) is 2.90. The summed E-state index contributed by atoms with van der Waals surface area (Å²) in [6.45, 7) is 1.79. The molecule has 0 aliphatic heterocycles. The maximum atomic E-state index is 13.4. The van der Waals surface area contributed by atoms with E-state index in [9.17, 15) is 9.18 Å². The number of nitrogens with two attached hydrogens (primary N) is 1. The third-order valence-electron chi connectivity index (χ3n) is 4.10. The van der Waals surface area contributed by atoms with E-state index < -0.39 is 11.8 Å². The number of rotatable bonds is 4. The summed E-state index contributed by atoms with van der Waals surface area (Å²) < 4.78 is 13.4. The molecule has 3 nitrogen and oxygen atoms in total. The van der Waals surface area contributed by atoms with Gasteiger partial charge >= 0.3 is 0 Å². The fraction of sp³-hybridized carbons (Fsp3) is 0.100. The quantitative estimate of drug-likeness (QED) is 0.673. The van der Waals surface area contributed by atoms with Crippen LogP contribution in [0.4, 0.5) is 4.39 Å². The average Bonchev–Trinajstić information content (AvgIpc) is 2.58. The standard InChI is InChI=1S/C20H15Cl2FN2O/c1-11-10-12(23)8-9-13(11)16-6-3-7-17(25-16)19(20(24)26)18-14(21)4-2-5-15(18)22/h2-10,19H,1H3,(H2,24,26). The molecule has 1 aromatic heterocycles. The smallest absolute Gasteiger partial charge is 0.231 e. The molecule has 6 heteroatoms. The molecule has 0 aliphatic rings. The molecule has 1 unspecified atom stereocenters. The highest BCUT2D eigenvalue weighted by Gasteiger charge is 2.27. The summed E-state index contributed by atoms with van der Waals surface area (Å²) in [7, 11) is 0. The number of nitrogens with zero attached hydrogens (tertiary/aromatic N) is 1. The van der Waals surface area contributed by atoms with Crippen LogP contribution in [0.2, 0.25) is 10.0 Å². The van der Waals surface area contributed by atoms with Crippen LogP contribution in [0, 0.1) is 12.7 Å². The van der Waals surface area contributed by atoms with E-state index >= 15 is 0 Å². The van der Waals surface area contributed by atoms with Gasteiger partial charge in [-0.2, -0.15) is 0 Å². The molecule has 3 rings (SSSR count). The molecule has 2 aromatic carbocycles. The van der Waals surface area contributed by atoms with Gasteiger partial charge in [0.2, 0.25) is 5.91 Å². The van der Waals surface area contributed by atoms with Gasteiger partial charge in [-0.15, -0.1) is 0 Å². The lowest BCUT2D eigenvalue weighted by Gasteiger charge is -2.17. The topological polar surface area (TPSA) is 56.0 Å². The Morgan fingerprint density at radius 1 is 1.08 bits per heavy atom. The summed E-state index contributed by atoms with van der Waals surface area (Å²) in [6.07, 6.45) is 0. The van der Waals surface area contributed by atoms with Crippen molar-refractivity contribution in [2.24, 2.45) is 5.73 Å². The number of carbonyl (C=O) groups excluding carboxylic acids is 1. The molecule has 0 fully saturated rings. The summed E-state index contributed by atoms with van der Waals surface area (Å²) in [6, 6.07) is 14.7. The maximum Gasteiger partial charge on any atom is 0.231 e. The summed E-state index contributed by atoms with van der Waals surface area (Å²) in [5.41, 5.74) is 8.58. The van der Waals surface area contributed by atoms with Gasteiger partial charge in [-0.3, -0.25) is 9.78 Å². The molecule has 0 aliphatic carbocycles. The summed E-state index contributed by atoms with van der Waals surface area (Å²) in [5, 5.41) is 0.679. The predicted octanol–water partition coefficient (Wildman–Crippen LogP) is 5.12. The Labute approximate surface area is 160 Å². The molecule has 0 radical (unpaired) electrons. The Morgan fingerprint density at radius 3 is 2.35 bits per heavy atom. The van der Waals surface area contributed by atoms with Crippen LogP contribution in [0.15, 0.2) is 54.6 Å². The van der Waals surface area contributed by atoms with E-state index in [1.54, 1.807) is 49.4 Å². The highest BCUT2D eigenvalue weighted by atomic mass is 35.5. The lowest BCUT2D eigenvalue weighted by molar-refractivity contribution is -0.118. The zero-order valence-electron chi connectivity index (χ0n) is 13.8. The number of amides is 1. The largest absolute Gasteiger partial charge is 0.369 e. The zero-order chi connectivity index (χ0) is 18.8. The molecule has 2 N–H and O–H groups in total. The van der Waals surface area contributed by atoms with Crippen LogP contribution in [-0.2, 0) is 4.79 Å².